The Bertz CT molecular complexity index is 681. The second-order valence-corrected chi connectivity index (χ2v) is 5.26. The lowest BCUT2D eigenvalue weighted by Gasteiger charge is -2.10. The molecule has 1 heterocycles. The third kappa shape index (κ3) is 2.28. The molecule has 96 valence electrons. The van der Waals surface area contributed by atoms with Crippen molar-refractivity contribution < 1.29 is 12.8 Å². The maximum atomic E-state index is 12.8. The van der Waals surface area contributed by atoms with Gasteiger partial charge in [0.05, 0.1) is 17.6 Å². The summed E-state index contributed by atoms with van der Waals surface area (Å²) in [5, 5.41) is 3.76. The van der Waals surface area contributed by atoms with Crippen LogP contribution >= 0.6 is 0 Å². The Kier molecular flexibility index (Phi) is 2.95. The maximum absolute atomic E-state index is 12.8. The summed E-state index contributed by atoms with van der Waals surface area (Å²) in [7, 11) is -2.29. The highest BCUT2D eigenvalue weighted by Gasteiger charge is 2.19. The van der Waals surface area contributed by atoms with E-state index in [1.807, 2.05) is 0 Å². The SMILES string of the molecule is Cn1nccc1S(=O)(=O)Nc1ccc(F)cc1N. The van der Waals surface area contributed by atoms with Crippen LogP contribution in [0.1, 0.15) is 0 Å². The van der Waals surface area contributed by atoms with E-state index in [1.54, 1.807) is 0 Å². The van der Waals surface area contributed by atoms with E-state index in [1.165, 1.54) is 30.1 Å². The Morgan fingerprint density at radius 2 is 2.11 bits per heavy atom. The molecule has 0 radical (unpaired) electrons. The molecule has 0 unspecified atom stereocenters. The molecule has 2 aromatic rings. The number of nitrogen functional groups attached to an aromatic ring is 1. The Balaban J connectivity index is 2.37. The first kappa shape index (κ1) is 12.4. The van der Waals surface area contributed by atoms with Crippen molar-refractivity contribution in [2.24, 2.45) is 7.05 Å². The van der Waals surface area contributed by atoms with Crippen LogP contribution in [-0.2, 0) is 17.1 Å². The molecule has 0 aliphatic heterocycles. The van der Waals surface area contributed by atoms with Crippen LogP contribution in [0.2, 0.25) is 0 Å². The van der Waals surface area contributed by atoms with Crippen molar-refractivity contribution in [2.75, 3.05) is 10.5 Å². The zero-order chi connectivity index (χ0) is 13.3. The highest BCUT2D eigenvalue weighted by molar-refractivity contribution is 7.92. The highest BCUT2D eigenvalue weighted by atomic mass is 32.2. The summed E-state index contributed by atoms with van der Waals surface area (Å²) in [6, 6.07) is 4.78. The highest BCUT2D eigenvalue weighted by Crippen LogP contribution is 2.22. The average molecular weight is 270 g/mol. The van der Waals surface area contributed by atoms with Crippen LogP contribution in [0, 0.1) is 5.82 Å². The number of aryl methyl sites for hydroxylation is 1. The van der Waals surface area contributed by atoms with Gasteiger partial charge in [0.1, 0.15) is 5.82 Å². The van der Waals surface area contributed by atoms with Crippen LogP contribution in [0.3, 0.4) is 0 Å². The second kappa shape index (κ2) is 4.30. The second-order valence-electron chi connectivity index (χ2n) is 3.63. The smallest absolute Gasteiger partial charge is 0.279 e. The predicted octanol–water partition coefficient (Wildman–Crippen LogP) is 0.942. The van der Waals surface area contributed by atoms with E-state index in [4.69, 9.17) is 5.73 Å². The molecule has 2 rings (SSSR count). The normalized spacial score (nSPS) is 11.4. The number of nitrogens with two attached hydrogens (primary N) is 1. The van der Waals surface area contributed by atoms with Gasteiger partial charge in [0.15, 0.2) is 5.03 Å². The van der Waals surface area contributed by atoms with E-state index in [9.17, 15) is 12.8 Å². The molecule has 6 nitrogen and oxygen atoms in total. The van der Waals surface area contributed by atoms with Gasteiger partial charge in [-0.25, -0.2) is 4.39 Å². The molecular formula is C10H11FN4O2S. The standard InChI is InChI=1S/C10H11FN4O2S/c1-15-10(4-5-13-15)18(16,17)14-9-3-2-7(11)6-8(9)12/h2-6,14H,12H2,1H3. The van der Waals surface area contributed by atoms with Crippen molar-refractivity contribution in [1.29, 1.82) is 0 Å². The van der Waals surface area contributed by atoms with E-state index in [0.29, 0.717) is 0 Å². The molecule has 1 aromatic carbocycles. The molecule has 8 heteroatoms. The molecule has 0 aliphatic rings. The number of aromatic nitrogens is 2. The minimum atomic E-state index is -3.79. The number of halogens is 1. The zero-order valence-corrected chi connectivity index (χ0v) is 10.3. The summed E-state index contributed by atoms with van der Waals surface area (Å²) < 4.78 is 40.3. The van der Waals surface area contributed by atoms with Crippen LogP contribution in [0.25, 0.3) is 0 Å². The van der Waals surface area contributed by atoms with Crippen molar-refractivity contribution >= 4 is 21.4 Å². The average Bonchev–Trinajstić information content (AvgIpc) is 2.69. The number of nitrogens with one attached hydrogen (secondary N) is 1. The van der Waals surface area contributed by atoms with Gasteiger partial charge < -0.3 is 5.73 Å². The Hall–Kier alpha value is -2.09. The zero-order valence-electron chi connectivity index (χ0n) is 9.46. The fourth-order valence-electron chi connectivity index (χ4n) is 1.45. The predicted molar refractivity (Wildman–Crippen MR) is 64.8 cm³/mol. The molecular weight excluding hydrogens is 259 g/mol. The van der Waals surface area contributed by atoms with Gasteiger partial charge in [-0.2, -0.15) is 13.5 Å². The molecule has 0 saturated heterocycles. The topological polar surface area (TPSA) is 90.0 Å². The van der Waals surface area contributed by atoms with Crippen molar-refractivity contribution in [2.45, 2.75) is 5.03 Å². The summed E-state index contributed by atoms with van der Waals surface area (Å²) in [6.45, 7) is 0. The summed E-state index contributed by atoms with van der Waals surface area (Å²) >= 11 is 0. The van der Waals surface area contributed by atoms with E-state index >= 15 is 0 Å². The monoisotopic (exact) mass is 270 g/mol. The summed E-state index contributed by atoms with van der Waals surface area (Å²) in [5.74, 6) is -0.531. The number of sulfonamides is 1. The Labute approximate surface area is 103 Å². The van der Waals surface area contributed by atoms with Gasteiger partial charge in [0.25, 0.3) is 10.0 Å². The molecule has 0 atom stereocenters. The van der Waals surface area contributed by atoms with Crippen LogP contribution in [-0.4, -0.2) is 18.2 Å². The number of hydrogen-bond donors (Lipinski definition) is 2. The van der Waals surface area contributed by atoms with Crippen LogP contribution in [0.15, 0.2) is 35.5 Å². The first-order valence-electron chi connectivity index (χ1n) is 4.96. The minimum absolute atomic E-state index is 0.00812. The third-order valence-electron chi connectivity index (χ3n) is 2.31. The van der Waals surface area contributed by atoms with E-state index in [0.717, 1.165) is 12.1 Å². The number of nitrogens with zero attached hydrogens (tertiary/aromatic N) is 2. The maximum Gasteiger partial charge on any atom is 0.279 e. The van der Waals surface area contributed by atoms with Crippen LogP contribution < -0.4 is 10.5 Å². The first-order valence-corrected chi connectivity index (χ1v) is 6.44. The van der Waals surface area contributed by atoms with E-state index in [-0.39, 0.29) is 16.4 Å². The summed E-state index contributed by atoms with van der Waals surface area (Å²) in [5.41, 5.74) is 5.67. The lowest BCUT2D eigenvalue weighted by Crippen LogP contribution is -2.17. The molecule has 1 aromatic heterocycles. The largest absolute Gasteiger partial charge is 0.397 e. The fraction of sp³-hybridized carbons (Fsp3) is 0.100. The van der Waals surface area contributed by atoms with E-state index in [2.05, 4.69) is 9.82 Å². The summed E-state index contributed by atoms with van der Waals surface area (Å²) in [6.07, 6.45) is 1.36. The Morgan fingerprint density at radius 3 is 2.67 bits per heavy atom. The first-order chi connectivity index (χ1) is 8.40. The van der Waals surface area contributed by atoms with Gasteiger partial charge in [-0.05, 0) is 24.3 Å². The molecule has 0 amide bonds. The van der Waals surface area contributed by atoms with Crippen molar-refractivity contribution in [3.63, 3.8) is 0 Å². The van der Waals surface area contributed by atoms with E-state index < -0.39 is 15.8 Å². The van der Waals surface area contributed by atoms with Gasteiger partial charge >= 0.3 is 0 Å². The Morgan fingerprint density at radius 1 is 1.39 bits per heavy atom. The van der Waals surface area contributed by atoms with Gasteiger partial charge in [-0.1, -0.05) is 0 Å². The van der Waals surface area contributed by atoms with Gasteiger partial charge in [-0.3, -0.25) is 9.40 Å². The number of rotatable bonds is 3. The van der Waals surface area contributed by atoms with Gasteiger partial charge in [-0.15, -0.1) is 0 Å². The number of benzene rings is 1. The molecule has 3 N–H and O–H groups in total. The minimum Gasteiger partial charge on any atom is -0.397 e. The van der Waals surface area contributed by atoms with Crippen molar-refractivity contribution in [3.05, 3.63) is 36.3 Å². The van der Waals surface area contributed by atoms with Gasteiger partial charge in [0, 0.05) is 7.05 Å². The van der Waals surface area contributed by atoms with Crippen molar-refractivity contribution in [3.8, 4) is 0 Å². The molecule has 0 saturated carbocycles. The van der Waals surface area contributed by atoms with Gasteiger partial charge in [0.2, 0.25) is 0 Å². The quantitative estimate of drug-likeness (QED) is 0.812. The fourth-order valence-corrected chi connectivity index (χ4v) is 2.66. The summed E-state index contributed by atoms with van der Waals surface area (Å²) in [4.78, 5) is 0. The molecule has 0 fully saturated rings. The molecule has 0 aliphatic carbocycles. The lowest BCUT2D eigenvalue weighted by molar-refractivity contribution is 0.582. The molecule has 0 spiro atoms. The molecule has 0 bridgehead atoms. The lowest BCUT2D eigenvalue weighted by atomic mass is 10.3. The number of hydrogen-bond acceptors (Lipinski definition) is 4. The number of anilines is 2. The molecule has 18 heavy (non-hydrogen) atoms. The van der Waals surface area contributed by atoms with Crippen molar-refractivity contribution in [1.82, 2.24) is 9.78 Å². The van der Waals surface area contributed by atoms with Crippen LogP contribution in [0.5, 0.6) is 0 Å². The van der Waals surface area contributed by atoms with Crippen LogP contribution in [0.4, 0.5) is 15.8 Å². The third-order valence-corrected chi connectivity index (χ3v) is 3.75.